The van der Waals surface area contributed by atoms with E-state index in [0.29, 0.717) is 18.8 Å². The van der Waals surface area contributed by atoms with Crippen LogP contribution in [0.5, 0.6) is 0 Å². The van der Waals surface area contributed by atoms with Crippen molar-refractivity contribution >= 4 is 49.1 Å². The fourth-order valence-electron chi connectivity index (χ4n) is 1.60. The average Bonchev–Trinajstić information content (AvgIpc) is 2.73. The average molecular weight is 369 g/mol. The molecule has 1 unspecified atom stereocenters. The first-order chi connectivity index (χ1) is 7.50. The normalized spacial score (nSPS) is 24.7. The Hall–Kier alpha value is 0.0900. The Morgan fingerprint density at radius 2 is 2.38 bits per heavy atom. The number of carbonyl (C=O) groups is 1. The first kappa shape index (κ1) is 12.5. The third kappa shape index (κ3) is 2.67. The van der Waals surface area contributed by atoms with Crippen molar-refractivity contribution in [3.63, 3.8) is 0 Å². The molecule has 2 rings (SSSR count). The predicted octanol–water partition coefficient (Wildman–Crippen LogP) is 3.18. The molecule has 6 heteroatoms. The molecule has 0 aliphatic carbocycles. The van der Waals surface area contributed by atoms with Crippen molar-refractivity contribution in [1.29, 1.82) is 0 Å². The number of rotatable bonds is 2. The fourth-order valence-corrected chi connectivity index (χ4v) is 4.40. The van der Waals surface area contributed by atoms with Crippen LogP contribution in [-0.2, 0) is 4.74 Å². The van der Waals surface area contributed by atoms with Gasteiger partial charge in [0, 0.05) is 6.61 Å². The third-order valence-electron chi connectivity index (χ3n) is 2.54. The highest BCUT2D eigenvalue weighted by Gasteiger charge is 2.32. The minimum absolute atomic E-state index is 0.0539. The van der Waals surface area contributed by atoms with Crippen LogP contribution in [-0.4, -0.2) is 24.7 Å². The van der Waals surface area contributed by atoms with Crippen molar-refractivity contribution in [2.24, 2.45) is 0 Å². The minimum atomic E-state index is -0.231. The molecule has 1 N–H and O–H groups in total. The van der Waals surface area contributed by atoms with Gasteiger partial charge in [-0.3, -0.25) is 4.79 Å². The monoisotopic (exact) mass is 367 g/mol. The van der Waals surface area contributed by atoms with Gasteiger partial charge in [0.25, 0.3) is 5.91 Å². The van der Waals surface area contributed by atoms with Crippen LogP contribution < -0.4 is 5.32 Å². The molecular formula is C10H11Br2NO2S. The van der Waals surface area contributed by atoms with Crippen LogP contribution in [0.4, 0.5) is 0 Å². The zero-order chi connectivity index (χ0) is 11.8. The lowest BCUT2D eigenvalue weighted by Gasteiger charge is -2.23. The van der Waals surface area contributed by atoms with Crippen molar-refractivity contribution in [1.82, 2.24) is 5.32 Å². The number of halogens is 2. The number of ether oxygens (including phenoxy) is 1. The molecule has 1 saturated heterocycles. The molecule has 0 spiro atoms. The summed E-state index contributed by atoms with van der Waals surface area (Å²) >= 11 is 8.24. The van der Waals surface area contributed by atoms with Gasteiger partial charge in [0.05, 0.1) is 25.3 Å². The molecule has 2 heterocycles. The Morgan fingerprint density at radius 3 is 2.88 bits per heavy atom. The quantitative estimate of drug-likeness (QED) is 0.870. The van der Waals surface area contributed by atoms with E-state index in [1.807, 2.05) is 13.0 Å². The van der Waals surface area contributed by atoms with E-state index in [0.717, 1.165) is 14.0 Å². The molecule has 1 aromatic heterocycles. The van der Waals surface area contributed by atoms with Gasteiger partial charge in [-0.15, -0.1) is 11.3 Å². The fraction of sp³-hybridized carbons (Fsp3) is 0.500. The van der Waals surface area contributed by atoms with E-state index in [1.165, 1.54) is 11.3 Å². The molecule has 1 atom stereocenters. The maximum Gasteiger partial charge on any atom is 0.253 e. The van der Waals surface area contributed by atoms with Crippen molar-refractivity contribution in [3.8, 4) is 0 Å². The number of amides is 1. The number of hydrogen-bond donors (Lipinski definition) is 1. The summed E-state index contributed by atoms with van der Waals surface area (Å²) < 4.78 is 7.09. The molecule has 88 valence electrons. The van der Waals surface area contributed by atoms with Gasteiger partial charge in [-0.2, -0.15) is 0 Å². The third-order valence-corrected chi connectivity index (χ3v) is 4.87. The van der Waals surface area contributed by atoms with Crippen molar-refractivity contribution < 1.29 is 9.53 Å². The predicted molar refractivity (Wildman–Crippen MR) is 71.0 cm³/mol. The van der Waals surface area contributed by atoms with Gasteiger partial charge < -0.3 is 10.1 Å². The van der Waals surface area contributed by atoms with Gasteiger partial charge in [-0.25, -0.2) is 0 Å². The van der Waals surface area contributed by atoms with E-state index in [-0.39, 0.29) is 11.4 Å². The maximum absolute atomic E-state index is 12.0. The van der Waals surface area contributed by atoms with E-state index in [9.17, 15) is 4.79 Å². The molecule has 3 nitrogen and oxygen atoms in total. The molecule has 1 aliphatic heterocycles. The molecule has 1 aromatic rings. The smallest absolute Gasteiger partial charge is 0.253 e. The van der Waals surface area contributed by atoms with Crippen LogP contribution in [0.15, 0.2) is 13.6 Å². The molecule has 0 radical (unpaired) electrons. The van der Waals surface area contributed by atoms with Crippen LogP contribution in [0.3, 0.4) is 0 Å². The van der Waals surface area contributed by atoms with Crippen molar-refractivity contribution in [3.05, 3.63) is 19.2 Å². The summed E-state index contributed by atoms with van der Waals surface area (Å²) in [7, 11) is 0. The van der Waals surface area contributed by atoms with Gasteiger partial charge in [-0.05, 0) is 51.3 Å². The summed E-state index contributed by atoms with van der Waals surface area (Å²) in [5, 5.41) is 3.02. The van der Waals surface area contributed by atoms with E-state index in [1.54, 1.807) is 0 Å². The highest BCUT2D eigenvalue weighted by atomic mass is 79.9. The van der Waals surface area contributed by atoms with E-state index in [4.69, 9.17) is 4.74 Å². The van der Waals surface area contributed by atoms with Gasteiger partial charge in [0.15, 0.2) is 0 Å². The Bertz CT molecular complexity index is 413. The zero-order valence-corrected chi connectivity index (χ0v) is 12.7. The molecule has 1 aliphatic rings. The van der Waals surface area contributed by atoms with Gasteiger partial charge in [-0.1, -0.05) is 0 Å². The van der Waals surface area contributed by atoms with Crippen molar-refractivity contribution in [2.75, 3.05) is 13.2 Å². The van der Waals surface area contributed by atoms with E-state index < -0.39 is 0 Å². The zero-order valence-electron chi connectivity index (χ0n) is 8.68. The second kappa shape index (κ2) is 4.76. The molecule has 0 aromatic carbocycles. The van der Waals surface area contributed by atoms with Crippen LogP contribution in [0.25, 0.3) is 0 Å². The SMILES string of the molecule is CC1(NC(=O)c2cc(Br)sc2Br)CCOC1. The van der Waals surface area contributed by atoms with E-state index >= 15 is 0 Å². The highest BCUT2D eigenvalue weighted by molar-refractivity contribution is 9.12. The summed E-state index contributed by atoms with van der Waals surface area (Å²) in [4.78, 5) is 12.0. The lowest BCUT2D eigenvalue weighted by Crippen LogP contribution is -2.46. The van der Waals surface area contributed by atoms with Gasteiger partial charge in [0.2, 0.25) is 0 Å². The molecular weight excluding hydrogens is 358 g/mol. The largest absolute Gasteiger partial charge is 0.379 e. The first-order valence-electron chi connectivity index (χ1n) is 4.85. The number of carbonyl (C=O) groups excluding carboxylic acids is 1. The maximum atomic E-state index is 12.0. The highest BCUT2D eigenvalue weighted by Crippen LogP contribution is 2.32. The first-order valence-corrected chi connectivity index (χ1v) is 7.25. The number of thiophene rings is 1. The summed E-state index contributed by atoms with van der Waals surface area (Å²) in [5.41, 5.74) is 0.440. The number of nitrogens with one attached hydrogen (secondary N) is 1. The van der Waals surface area contributed by atoms with Gasteiger partial charge in [0.1, 0.15) is 0 Å². The molecule has 1 fully saturated rings. The minimum Gasteiger partial charge on any atom is -0.379 e. The number of hydrogen-bond acceptors (Lipinski definition) is 3. The van der Waals surface area contributed by atoms with Crippen molar-refractivity contribution in [2.45, 2.75) is 18.9 Å². The molecule has 16 heavy (non-hydrogen) atoms. The lowest BCUT2D eigenvalue weighted by molar-refractivity contribution is 0.0889. The standard InChI is InChI=1S/C10H11Br2NO2S/c1-10(2-3-15-5-10)13-9(14)6-4-7(11)16-8(6)12/h4H,2-3,5H2,1H3,(H,13,14). The summed E-state index contributed by atoms with van der Waals surface area (Å²) in [6.07, 6.45) is 0.863. The van der Waals surface area contributed by atoms with Gasteiger partial charge >= 0.3 is 0 Å². The summed E-state index contributed by atoms with van der Waals surface area (Å²) in [6, 6.07) is 1.82. The van der Waals surface area contributed by atoms with Crippen LogP contribution in [0.1, 0.15) is 23.7 Å². The molecule has 0 saturated carbocycles. The second-order valence-electron chi connectivity index (χ2n) is 4.06. The van der Waals surface area contributed by atoms with Crippen LogP contribution in [0.2, 0.25) is 0 Å². The van der Waals surface area contributed by atoms with Crippen LogP contribution in [0, 0.1) is 0 Å². The molecule has 0 bridgehead atoms. The van der Waals surface area contributed by atoms with Crippen LogP contribution >= 0.6 is 43.2 Å². The Morgan fingerprint density at radius 1 is 1.62 bits per heavy atom. The topological polar surface area (TPSA) is 38.3 Å². The Kier molecular flexibility index (Phi) is 3.73. The Labute approximate surface area is 115 Å². The second-order valence-corrected chi connectivity index (χ2v) is 7.80. The van der Waals surface area contributed by atoms with E-state index in [2.05, 4.69) is 37.2 Å². The molecule has 1 amide bonds. The summed E-state index contributed by atoms with van der Waals surface area (Å²) in [6.45, 7) is 3.31. The lowest BCUT2D eigenvalue weighted by atomic mass is 10.0. The summed E-state index contributed by atoms with van der Waals surface area (Å²) in [5.74, 6) is -0.0539. The Balaban J connectivity index is 2.11.